The molecule has 0 atom stereocenters. The second kappa shape index (κ2) is 9.13. The molecule has 0 fully saturated rings. The van der Waals surface area contributed by atoms with Gasteiger partial charge in [0.05, 0.1) is 6.54 Å². The number of carbonyl (C=O) groups is 2. The summed E-state index contributed by atoms with van der Waals surface area (Å²) in [6.07, 6.45) is 0.399. The summed E-state index contributed by atoms with van der Waals surface area (Å²) in [5, 5.41) is 20.4. The van der Waals surface area contributed by atoms with Crippen LogP contribution in [0.4, 0.5) is 4.79 Å². The number of rotatable bonds is 9. The van der Waals surface area contributed by atoms with E-state index in [0.29, 0.717) is 24.6 Å². The molecular weight excluding hydrogens is 314 g/mol. The van der Waals surface area contributed by atoms with Crippen LogP contribution >= 0.6 is 0 Å². The van der Waals surface area contributed by atoms with Gasteiger partial charge < -0.3 is 20.5 Å². The van der Waals surface area contributed by atoms with Gasteiger partial charge >= 0.3 is 12.0 Å². The number of carboxylic acid groups (broad SMARTS) is 1. The number of para-hydroxylation sites is 1. The Labute approximate surface area is 138 Å². The van der Waals surface area contributed by atoms with Crippen molar-refractivity contribution in [2.24, 2.45) is 0 Å². The van der Waals surface area contributed by atoms with Gasteiger partial charge in [-0.05, 0) is 18.6 Å². The van der Waals surface area contributed by atoms with Crippen LogP contribution in [-0.2, 0) is 17.9 Å². The number of carboxylic acids is 1. The van der Waals surface area contributed by atoms with Crippen LogP contribution in [0.15, 0.2) is 30.3 Å². The normalized spacial score (nSPS) is 10.2. The van der Waals surface area contributed by atoms with E-state index in [1.54, 1.807) is 0 Å². The molecule has 9 heteroatoms. The highest BCUT2D eigenvalue weighted by Crippen LogP contribution is 2.09. The van der Waals surface area contributed by atoms with E-state index in [2.05, 4.69) is 25.8 Å². The van der Waals surface area contributed by atoms with Crippen molar-refractivity contribution in [2.75, 3.05) is 6.54 Å². The van der Waals surface area contributed by atoms with Gasteiger partial charge in [-0.25, -0.2) is 9.78 Å². The molecule has 2 rings (SSSR count). The second-order valence-electron chi connectivity index (χ2n) is 4.91. The summed E-state index contributed by atoms with van der Waals surface area (Å²) in [6, 6.07) is 8.94. The summed E-state index contributed by atoms with van der Waals surface area (Å²) in [5.41, 5.74) is 0. The average molecular weight is 333 g/mol. The van der Waals surface area contributed by atoms with Crippen molar-refractivity contribution in [1.82, 2.24) is 25.8 Å². The van der Waals surface area contributed by atoms with Crippen molar-refractivity contribution in [3.8, 4) is 5.75 Å². The lowest BCUT2D eigenvalue weighted by molar-refractivity contribution is -0.137. The zero-order valence-electron chi connectivity index (χ0n) is 13.0. The van der Waals surface area contributed by atoms with Gasteiger partial charge in [-0.1, -0.05) is 18.2 Å². The Kier molecular flexibility index (Phi) is 6.57. The van der Waals surface area contributed by atoms with E-state index in [-0.39, 0.29) is 19.6 Å². The van der Waals surface area contributed by atoms with Gasteiger partial charge in [-0.2, -0.15) is 5.10 Å². The lowest BCUT2D eigenvalue weighted by Gasteiger charge is -2.04. The number of hydrogen-bond acceptors (Lipinski definition) is 5. The Morgan fingerprint density at radius 3 is 2.75 bits per heavy atom. The van der Waals surface area contributed by atoms with Crippen molar-refractivity contribution < 1.29 is 19.4 Å². The molecule has 9 nitrogen and oxygen atoms in total. The maximum Gasteiger partial charge on any atom is 0.315 e. The van der Waals surface area contributed by atoms with Crippen molar-refractivity contribution in [2.45, 2.75) is 26.0 Å². The molecule has 0 aliphatic carbocycles. The van der Waals surface area contributed by atoms with Gasteiger partial charge in [-0.3, -0.25) is 9.89 Å². The molecule has 128 valence electrons. The molecule has 24 heavy (non-hydrogen) atoms. The Balaban J connectivity index is 1.66. The number of nitrogens with zero attached hydrogens (tertiary/aromatic N) is 2. The molecule has 0 saturated heterocycles. The minimum Gasteiger partial charge on any atom is -0.486 e. The van der Waals surface area contributed by atoms with Gasteiger partial charge in [0.15, 0.2) is 11.6 Å². The van der Waals surface area contributed by atoms with Gasteiger partial charge in [0.1, 0.15) is 12.4 Å². The molecule has 0 bridgehead atoms. The van der Waals surface area contributed by atoms with Crippen LogP contribution in [0.3, 0.4) is 0 Å². The number of H-pyrrole nitrogens is 1. The SMILES string of the molecule is O=C(O)CCCNC(=O)NCc1n[nH]c(COc2ccccc2)n1. The molecule has 4 N–H and O–H groups in total. The van der Waals surface area contributed by atoms with E-state index in [1.807, 2.05) is 30.3 Å². The van der Waals surface area contributed by atoms with Crippen LogP contribution in [0.5, 0.6) is 5.75 Å². The van der Waals surface area contributed by atoms with Gasteiger partial charge in [-0.15, -0.1) is 0 Å². The molecule has 2 amide bonds. The summed E-state index contributed by atoms with van der Waals surface area (Å²) in [5.74, 6) is 0.831. The topological polar surface area (TPSA) is 129 Å². The van der Waals surface area contributed by atoms with Crippen molar-refractivity contribution >= 4 is 12.0 Å². The van der Waals surface area contributed by atoms with Crippen LogP contribution in [-0.4, -0.2) is 38.8 Å². The van der Waals surface area contributed by atoms with E-state index in [0.717, 1.165) is 5.75 Å². The first-order chi connectivity index (χ1) is 11.6. The molecule has 2 aromatic rings. The molecule has 1 heterocycles. The third-order valence-electron chi connectivity index (χ3n) is 2.96. The number of aromatic amines is 1. The standard InChI is InChI=1S/C15H19N5O4/c21-14(22)7-4-8-16-15(23)17-9-12-18-13(20-19-12)10-24-11-5-2-1-3-6-11/h1-3,5-6H,4,7-10H2,(H,21,22)(H2,16,17,23)(H,18,19,20). The van der Waals surface area contributed by atoms with E-state index in [1.165, 1.54) is 0 Å². The van der Waals surface area contributed by atoms with Gasteiger partial charge in [0, 0.05) is 13.0 Å². The third-order valence-corrected chi connectivity index (χ3v) is 2.96. The highest BCUT2D eigenvalue weighted by Gasteiger charge is 2.06. The molecule has 0 aliphatic rings. The zero-order valence-corrected chi connectivity index (χ0v) is 13.0. The summed E-state index contributed by atoms with van der Waals surface area (Å²) < 4.78 is 5.53. The first-order valence-corrected chi connectivity index (χ1v) is 7.45. The molecule has 0 radical (unpaired) electrons. The maximum atomic E-state index is 11.5. The van der Waals surface area contributed by atoms with Crippen LogP contribution in [0, 0.1) is 0 Å². The molecule has 0 unspecified atom stereocenters. The van der Waals surface area contributed by atoms with Crippen LogP contribution in [0.2, 0.25) is 0 Å². The first-order valence-electron chi connectivity index (χ1n) is 7.45. The summed E-state index contributed by atoms with van der Waals surface area (Å²) in [7, 11) is 0. The summed E-state index contributed by atoms with van der Waals surface area (Å²) in [4.78, 5) is 26.1. The average Bonchev–Trinajstić information content (AvgIpc) is 3.04. The predicted molar refractivity (Wildman–Crippen MR) is 84.3 cm³/mol. The lowest BCUT2D eigenvalue weighted by atomic mass is 10.3. The zero-order chi connectivity index (χ0) is 17.2. The molecular formula is C15H19N5O4. The highest BCUT2D eigenvalue weighted by molar-refractivity contribution is 5.73. The maximum absolute atomic E-state index is 11.5. The Bertz CT molecular complexity index is 659. The number of nitrogens with one attached hydrogen (secondary N) is 3. The third kappa shape index (κ3) is 6.34. The molecule has 0 aliphatic heterocycles. The predicted octanol–water partition coefficient (Wildman–Crippen LogP) is 1.05. The van der Waals surface area contributed by atoms with Crippen molar-refractivity contribution in [3.05, 3.63) is 42.0 Å². The largest absolute Gasteiger partial charge is 0.486 e. The smallest absolute Gasteiger partial charge is 0.315 e. The molecule has 1 aromatic carbocycles. The Morgan fingerprint density at radius 2 is 2.00 bits per heavy atom. The second-order valence-corrected chi connectivity index (χ2v) is 4.91. The number of carbonyl (C=O) groups excluding carboxylic acids is 1. The van der Waals surface area contributed by atoms with Crippen LogP contribution in [0.1, 0.15) is 24.5 Å². The van der Waals surface area contributed by atoms with Crippen LogP contribution < -0.4 is 15.4 Å². The van der Waals surface area contributed by atoms with Crippen LogP contribution in [0.25, 0.3) is 0 Å². The van der Waals surface area contributed by atoms with Gasteiger partial charge in [0.2, 0.25) is 0 Å². The minimum absolute atomic E-state index is 0.0198. The molecule has 0 saturated carbocycles. The fourth-order valence-corrected chi connectivity index (χ4v) is 1.81. The Hall–Kier alpha value is -3.10. The minimum atomic E-state index is -0.886. The first kappa shape index (κ1) is 17.3. The Morgan fingerprint density at radius 1 is 1.21 bits per heavy atom. The fourth-order valence-electron chi connectivity index (χ4n) is 1.81. The van der Waals surface area contributed by atoms with Crippen molar-refractivity contribution in [1.29, 1.82) is 0 Å². The van der Waals surface area contributed by atoms with E-state index < -0.39 is 12.0 Å². The highest BCUT2D eigenvalue weighted by atomic mass is 16.5. The van der Waals surface area contributed by atoms with E-state index >= 15 is 0 Å². The van der Waals surface area contributed by atoms with Gasteiger partial charge in [0.25, 0.3) is 0 Å². The number of urea groups is 1. The fraction of sp³-hybridized carbons (Fsp3) is 0.333. The number of amides is 2. The monoisotopic (exact) mass is 333 g/mol. The number of aromatic nitrogens is 3. The summed E-state index contributed by atoms with van der Waals surface area (Å²) >= 11 is 0. The van der Waals surface area contributed by atoms with Crippen molar-refractivity contribution in [3.63, 3.8) is 0 Å². The number of aliphatic carboxylic acids is 1. The lowest BCUT2D eigenvalue weighted by Crippen LogP contribution is -2.35. The van der Waals surface area contributed by atoms with E-state index in [9.17, 15) is 9.59 Å². The number of hydrogen-bond donors (Lipinski definition) is 4. The summed E-state index contributed by atoms with van der Waals surface area (Å²) in [6.45, 7) is 0.702. The quantitative estimate of drug-likeness (QED) is 0.508. The number of benzene rings is 1. The van der Waals surface area contributed by atoms with E-state index in [4.69, 9.17) is 9.84 Å². The number of ether oxygens (including phenoxy) is 1. The molecule has 1 aromatic heterocycles. The molecule has 0 spiro atoms.